The number of hydrogen-bond donors (Lipinski definition) is 0. The first kappa shape index (κ1) is 28.6. The molecule has 0 aliphatic rings. The van der Waals surface area contributed by atoms with E-state index in [1.165, 1.54) is 31.3 Å². The minimum absolute atomic E-state index is 0.654. The monoisotopic (exact) mass is 657 g/mol. The van der Waals surface area contributed by atoms with Gasteiger partial charge in [-0.3, -0.25) is 0 Å². The average Bonchev–Trinajstić information content (AvgIpc) is 3.77. The van der Waals surface area contributed by atoms with E-state index in [0.717, 1.165) is 49.8 Å². The van der Waals surface area contributed by atoms with Crippen LogP contribution in [0.2, 0.25) is 0 Å². The molecule has 0 fully saturated rings. The van der Waals surface area contributed by atoms with Gasteiger partial charge in [-0.2, -0.15) is 0 Å². The summed E-state index contributed by atoms with van der Waals surface area (Å²) in [6.45, 7) is 0. The Morgan fingerprint density at radius 2 is 0.940 bits per heavy atom. The van der Waals surface area contributed by atoms with Crippen molar-refractivity contribution < 1.29 is 4.42 Å². The van der Waals surface area contributed by atoms with Crippen LogP contribution in [0.1, 0.15) is 0 Å². The molecule has 4 nitrogen and oxygen atoms in total. The molecule has 0 saturated heterocycles. The summed E-state index contributed by atoms with van der Waals surface area (Å²) < 4.78 is 8.90. The molecule has 0 aliphatic heterocycles. The molecule has 234 valence electrons. The summed E-state index contributed by atoms with van der Waals surface area (Å²) >= 11 is 1.80. The van der Waals surface area contributed by atoms with Crippen LogP contribution in [0.3, 0.4) is 0 Å². The van der Waals surface area contributed by atoms with E-state index in [-0.39, 0.29) is 0 Å². The highest BCUT2D eigenvalue weighted by Crippen LogP contribution is 2.45. The van der Waals surface area contributed by atoms with Crippen LogP contribution in [-0.4, -0.2) is 15.0 Å². The summed E-state index contributed by atoms with van der Waals surface area (Å²) in [7, 11) is 0. The molecule has 3 aromatic heterocycles. The van der Waals surface area contributed by atoms with Gasteiger partial charge < -0.3 is 4.42 Å². The molecule has 10 rings (SSSR count). The highest BCUT2D eigenvalue weighted by atomic mass is 32.1. The Kier molecular flexibility index (Phi) is 6.64. The normalized spacial score (nSPS) is 11.6. The van der Waals surface area contributed by atoms with Gasteiger partial charge >= 0.3 is 0 Å². The lowest BCUT2D eigenvalue weighted by atomic mass is 9.91. The Bertz CT molecular complexity index is 2820. The molecule has 7 aromatic carbocycles. The average molecular weight is 658 g/mol. The third-order valence-corrected chi connectivity index (χ3v) is 10.5. The molecule has 0 aliphatic carbocycles. The first-order valence-corrected chi connectivity index (χ1v) is 17.4. The Labute approximate surface area is 292 Å². The number of thiophene rings is 1. The fourth-order valence-corrected chi connectivity index (χ4v) is 8.21. The predicted octanol–water partition coefficient (Wildman–Crippen LogP) is 12.5. The molecular formula is C45H27N3OS. The van der Waals surface area contributed by atoms with Gasteiger partial charge in [0.15, 0.2) is 17.5 Å². The van der Waals surface area contributed by atoms with Crippen LogP contribution in [0.25, 0.3) is 98.5 Å². The zero-order valence-electron chi connectivity index (χ0n) is 26.7. The molecular weight excluding hydrogens is 631 g/mol. The largest absolute Gasteiger partial charge is 0.455 e. The molecule has 50 heavy (non-hydrogen) atoms. The van der Waals surface area contributed by atoms with Crippen LogP contribution in [0, 0.1) is 0 Å². The third-order valence-electron chi connectivity index (χ3n) is 9.37. The first-order valence-electron chi connectivity index (χ1n) is 16.6. The number of para-hydroxylation sites is 2. The third kappa shape index (κ3) is 4.71. The molecule has 0 amide bonds. The van der Waals surface area contributed by atoms with Gasteiger partial charge in [-0.15, -0.1) is 11.3 Å². The number of aromatic nitrogens is 3. The van der Waals surface area contributed by atoms with Gasteiger partial charge in [-0.05, 0) is 34.9 Å². The van der Waals surface area contributed by atoms with Crippen molar-refractivity contribution in [2.75, 3.05) is 0 Å². The molecule has 0 spiro atoms. The van der Waals surface area contributed by atoms with E-state index < -0.39 is 0 Å². The summed E-state index contributed by atoms with van der Waals surface area (Å²) in [5.74, 6) is 1.97. The van der Waals surface area contributed by atoms with Gasteiger partial charge in [0.25, 0.3) is 0 Å². The number of hydrogen-bond acceptors (Lipinski definition) is 5. The zero-order valence-corrected chi connectivity index (χ0v) is 27.6. The van der Waals surface area contributed by atoms with Gasteiger partial charge in [-0.25, -0.2) is 15.0 Å². The quantitative estimate of drug-likeness (QED) is 0.185. The van der Waals surface area contributed by atoms with Gasteiger partial charge in [0.1, 0.15) is 11.2 Å². The molecule has 0 saturated carbocycles. The summed E-state index contributed by atoms with van der Waals surface area (Å²) in [4.78, 5) is 14.8. The number of fused-ring (bicyclic) bond motifs is 6. The Hall–Kier alpha value is -6.43. The van der Waals surface area contributed by atoms with Crippen molar-refractivity contribution in [2.24, 2.45) is 0 Å². The Balaban J connectivity index is 1.14. The smallest absolute Gasteiger partial charge is 0.164 e. The topological polar surface area (TPSA) is 51.8 Å². The van der Waals surface area contributed by atoms with Crippen molar-refractivity contribution in [3.05, 3.63) is 164 Å². The number of benzene rings is 7. The fraction of sp³-hybridized carbons (Fsp3) is 0. The van der Waals surface area contributed by atoms with Crippen molar-refractivity contribution in [2.45, 2.75) is 0 Å². The van der Waals surface area contributed by atoms with E-state index in [9.17, 15) is 0 Å². The lowest BCUT2D eigenvalue weighted by Gasteiger charge is -2.12. The van der Waals surface area contributed by atoms with Crippen LogP contribution in [0.15, 0.2) is 168 Å². The van der Waals surface area contributed by atoms with Crippen LogP contribution >= 0.6 is 11.3 Å². The molecule has 0 radical (unpaired) electrons. The van der Waals surface area contributed by atoms with E-state index in [2.05, 4.69) is 91.0 Å². The van der Waals surface area contributed by atoms with Crippen LogP contribution in [0.4, 0.5) is 0 Å². The molecule has 0 N–H and O–H groups in total. The van der Waals surface area contributed by atoms with Gasteiger partial charge in [-0.1, -0.05) is 146 Å². The van der Waals surface area contributed by atoms with E-state index in [0.29, 0.717) is 17.5 Å². The molecule has 10 aromatic rings. The maximum Gasteiger partial charge on any atom is 0.164 e. The first-order chi connectivity index (χ1) is 24.8. The SMILES string of the molecule is c1ccc(-c2nc(-c3ccccc3)nc(-c3ccc4c(c3)sc3cccc(-c5ccccc5-c5cccc6c5oc5ccccc56)c34)n2)cc1. The van der Waals surface area contributed by atoms with Crippen molar-refractivity contribution in [1.82, 2.24) is 15.0 Å². The minimum Gasteiger partial charge on any atom is -0.455 e. The highest BCUT2D eigenvalue weighted by Gasteiger charge is 2.19. The summed E-state index contributed by atoms with van der Waals surface area (Å²) in [5.41, 5.74) is 9.29. The number of rotatable bonds is 5. The molecule has 0 bridgehead atoms. The van der Waals surface area contributed by atoms with Crippen LogP contribution in [-0.2, 0) is 0 Å². The predicted molar refractivity (Wildman–Crippen MR) is 207 cm³/mol. The lowest BCUT2D eigenvalue weighted by molar-refractivity contribution is 0.670. The highest BCUT2D eigenvalue weighted by molar-refractivity contribution is 7.26. The second-order valence-electron chi connectivity index (χ2n) is 12.4. The molecule has 5 heteroatoms. The van der Waals surface area contributed by atoms with E-state index in [4.69, 9.17) is 19.4 Å². The molecule has 3 heterocycles. The second kappa shape index (κ2) is 11.6. The van der Waals surface area contributed by atoms with E-state index in [1.54, 1.807) is 11.3 Å². The van der Waals surface area contributed by atoms with Gasteiger partial charge in [0.2, 0.25) is 0 Å². The summed E-state index contributed by atoms with van der Waals surface area (Å²) in [5, 5.41) is 4.72. The molecule has 0 atom stereocenters. The van der Waals surface area contributed by atoms with Crippen molar-refractivity contribution in [3.63, 3.8) is 0 Å². The maximum atomic E-state index is 6.49. The van der Waals surface area contributed by atoms with Crippen LogP contribution < -0.4 is 0 Å². The van der Waals surface area contributed by atoms with E-state index >= 15 is 0 Å². The van der Waals surface area contributed by atoms with Crippen molar-refractivity contribution >= 4 is 53.4 Å². The van der Waals surface area contributed by atoms with Crippen LogP contribution in [0.5, 0.6) is 0 Å². The Morgan fingerprint density at radius 3 is 1.68 bits per heavy atom. The number of nitrogens with zero attached hydrogens (tertiary/aromatic N) is 3. The summed E-state index contributed by atoms with van der Waals surface area (Å²) in [6, 6.07) is 56.8. The fourth-order valence-electron chi connectivity index (χ4n) is 7.04. The van der Waals surface area contributed by atoms with Gasteiger partial charge in [0.05, 0.1) is 0 Å². The van der Waals surface area contributed by atoms with Crippen molar-refractivity contribution in [3.8, 4) is 56.4 Å². The van der Waals surface area contributed by atoms with Gasteiger partial charge in [0, 0.05) is 53.2 Å². The second-order valence-corrected chi connectivity index (χ2v) is 13.4. The zero-order chi connectivity index (χ0) is 33.0. The number of furan rings is 1. The van der Waals surface area contributed by atoms with E-state index in [1.807, 2.05) is 72.8 Å². The summed E-state index contributed by atoms with van der Waals surface area (Å²) in [6.07, 6.45) is 0. The van der Waals surface area contributed by atoms with Crippen molar-refractivity contribution in [1.29, 1.82) is 0 Å². The lowest BCUT2D eigenvalue weighted by Crippen LogP contribution is -1.99. The standard InChI is InChI=1S/C45H27N3OS/c1-3-13-28(14-4-1)43-46-44(29-15-5-2-6-16-29)48-45(47-43)30-25-26-37-40(27-30)50-39-24-12-20-34(41(37)39)31-17-7-8-18-32(31)35-21-11-22-36-33-19-9-10-23-38(33)49-42(35)36/h1-27H. The maximum absolute atomic E-state index is 6.49. The Morgan fingerprint density at radius 1 is 0.380 bits per heavy atom. The minimum atomic E-state index is 0.654. The molecule has 0 unspecified atom stereocenters.